The number of piperazine rings is 1. The zero-order valence-electron chi connectivity index (χ0n) is 28.4. The standard InChI is InChI=1S/C35H40ClFN8O4S/c1-6-29(46)45-13-12-43(17-23(45)18-48-4)32-26(44-19-35(3,37)20-44)14-22(15-38-32)25-10-11-27(49-5)31(40-25)42-34-39-16-28(50-34)33(47)41-30-21(2)8-7-9-24(30)36/h6-11,14-16,21,23,30H,1,12-13,17-20H2,2-5H3,(H,41,47)(H,39,40,42). The maximum atomic E-state index is 14.8. The third-order valence-electron chi connectivity index (χ3n) is 8.94. The van der Waals surface area contributed by atoms with Gasteiger partial charge in [-0.25, -0.2) is 19.3 Å². The van der Waals surface area contributed by atoms with Crippen LogP contribution in [-0.2, 0) is 9.53 Å². The molecule has 2 amide bonds. The minimum absolute atomic E-state index is 0.0515. The van der Waals surface area contributed by atoms with Crippen LogP contribution in [0.4, 0.5) is 26.8 Å². The van der Waals surface area contributed by atoms with Crippen LogP contribution < -0.4 is 25.2 Å². The Hall–Kier alpha value is -4.53. The van der Waals surface area contributed by atoms with Crippen molar-refractivity contribution >= 4 is 57.2 Å². The number of hydrogen-bond donors (Lipinski definition) is 2. The molecule has 0 saturated carbocycles. The van der Waals surface area contributed by atoms with E-state index in [4.69, 9.17) is 31.0 Å². The topological polar surface area (TPSA) is 125 Å². The number of alkyl halides is 1. The van der Waals surface area contributed by atoms with Crippen molar-refractivity contribution in [2.24, 2.45) is 5.92 Å². The number of carbonyl (C=O) groups is 2. The summed E-state index contributed by atoms with van der Waals surface area (Å²) < 4.78 is 25.8. The average molecular weight is 723 g/mol. The van der Waals surface area contributed by atoms with Crippen LogP contribution in [0.3, 0.4) is 0 Å². The fourth-order valence-electron chi connectivity index (χ4n) is 6.37. The van der Waals surface area contributed by atoms with Crippen molar-refractivity contribution in [1.82, 2.24) is 25.2 Å². The smallest absolute Gasteiger partial charge is 0.263 e. The first-order valence-electron chi connectivity index (χ1n) is 16.2. The number of pyridine rings is 2. The second-order valence-corrected chi connectivity index (χ2v) is 14.2. The van der Waals surface area contributed by atoms with Gasteiger partial charge in [0.25, 0.3) is 5.91 Å². The highest BCUT2D eigenvalue weighted by Crippen LogP contribution is 2.39. The SMILES string of the molecule is C=CC(=O)N1CCN(c2ncc(-c3ccc(OC)c(Nc4ncc(C(=O)NC5C(Cl)=CC=CC5C)s4)n3)cc2N2CC(C)(F)C2)CC1COC. The predicted molar refractivity (Wildman–Crippen MR) is 194 cm³/mol. The van der Waals surface area contributed by atoms with Crippen molar-refractivity contribution < 1.29 is 23.5 Å². The van der Waals surface area contributed by atoms with Crippen LogP contribution in [0.25, 0.3) is 11.3 Å². The minimum Gasteiger partial charge on any atom is -0.493 e. The number of anilines is 4. The summed E-state index contributed by atoms with van der Waals surface area (Å²) in [6, 6.07) is 5.07. The molecule has 6 rings (SSSR count). The predicted octanol–water partition coefficient (Wildman–Crippen LogP) is 5.18. The van der Waals surface area contributed by atoms with Crippen molar-refractivity contribution in [1.29, 1.82) is 0 Å². The molecular formula is C35H40ClFN8O4S. The van der Waals surface area contributed by atoms with Gasteiger partial charge in [-0.05, 0) is 43.2 Å². The third kappa shape index (κ3) is 7.47. The molecule has 3 unspecified atom stereocenters. The summed E-state index contributed by atoms with van der Waals surface area (Å²) in [6.07, 6.45) is 10.2. The lowest BCUT2D eigenvalue weighted by molar-refractivity contribution is -0.129. The highest BCUT2D eigenvalue weighted by Gasteiger charge is 2.41. The minimum atomic E-state index is -1.31. The van der Waals surface area contributed by atoms with Gasteiger partial charge in [-0.2, -0.15) is 0 Å². The molecule has 3 aromatic heterocycles. The number of thiazole rings is 1. The van der Waals surface area contributed by atoms with Crippen LogP contribution in [0.2, 0.25) is 0 Å². The van der Waals surface area contributed by atoms with Crippen LogP contribution in [0, 0.1) is 5.92 Å². The zero-order valence-corrected chi connectivity index (χ0v) is 29.9. The number of nitrogens with one attached hydrogen (secondary N) is 2. The summed E-state index contributed by atoms with van der Waals surface area (Å²) in [5, 5.41) is 7.21. The average Bonchev–Trinajstić information content (AvgIpc) is 3.57. The molecular weight excluding hydrogens is 683 g/mol. The van der Waals surface area contributed by atoms with E-state index in [1.807, 2.05) is 36.1 Å². The molecule has 1 aliphatic carbocycles. The number of allylic oxidation sites excluding steroid dienone is 2. The highest BCUT2D eigenvalue weighted by molar-refractivity contribution is 7.17. The van der Waals surface area contributed by atoms with E-state index in [1.165, 1.54) is 23.6 Å². The van der Waals surface area contributed by atoms with Crippen LogP contribution in [0.5, 0.6) is 5.75 Å². The molecule has 0 bridgehead atoms. The van der Waals surface area contributed by atoms with E-state index in [2.05, 4.69) is 27.1 Å². The molecule has 2 fully saturated rings. The van der Waals surface area contributed by atoms with E-state index in [0.29, 0.717) is 64.4 Å². The number of methoxy groups -OCH3 is 2. The number of halogens is 2. The van der Waals surface area contributed by atoms with Crippen LogP contribution in [-0.4, -0.2) is 103 Å². The van der Waals surface area contributed by atoms with E-state index < -0.39 is 5.67 Å². The lowest BCUT2D eigenvalue weighted by Gasteiger charge is -2.46. The Bertz CT molecular complexity index is 1830. The maximum absolute atomic E-state index is 14.8. The fourth-order valence-corrected chi connectivity index (χ4v) is 7.42. The van der Waals surface area contributed by atoms with Crippen molar-refractivity contribution in [3.05, 3.63) is 71.4 Å². The van der Waals surface area contributed by atoms with Crippen LogP contribution >= 0.6 is 22.9 Å². The Balaban J connectivity index is 1.25. The molecule has 5 heterocycles. The largest absolute Gasteiger partial charge is 0.493 e. The first kappa shape index (κ1) is 35.3. The molecule has 264 valence electrons. The number of aromatic nitrogens is 3. The molecule has 0 radical (unpaired) electrons. The number of carbonyl (C=O) groups excluding carboxylic acids is 2. The van der Waals surface area contributed by atoms with Crippen molar-refractivity contribution in [2.45, 2.75) is 31.6 Å². The fraction of sp³-hybridized carbons (Fsp3) is 0.400. The summed E-state index contributed by atoms with van der Waals surface area (Å²) in [5.41, 5.74) is 0.786. The van der Waals surface area contributed by atoms with E-state index in [1.54, 1.807) is 44.4 Å². The summed E-state index contributed by atoms with van der Waals surface area (Å²) >= 11 is 7.54. The summed E-state index contributed by atoms with van der Waals surface area (Å²) in [6.45, 7) is 9.54. The highest BCUT2D eigenvalue weighted by atomic mass is 35.5. The van der Waals surface area contributed by atoms with Gasteiger partial charge in [0.2, 0.25) is 5.91 Å². The zero-order chi connectivity index (χ0) is 35.6. The molecule has 0 aromatic carbocycles. The Morgan fingerprint density at radius 3 is 2.70 bits per heavy atom. The van der Waals surface area contributed by atoms with E-state index in [0.717, 1.165) is 11.3 Å². The first-order valence-corrected chi connectivity index (χ1v) is 17.4. The lowest BCUT2D eigenvalue weighted by Crippen LogP contribution is -2.59. The van der Waals surface area contributed by atoms with Gasteiger partial charge in [0, 0.05) is 43.5 Å². The number of ether oxygens (including phenoxy) is 2. The third-order valence-corrected chi connectivity index (χ3v) is 10.2. The molecule has 12 nitrogen and oxygen atoms in total. The lowest BCUT2D eigenvalue weighted by atomic mass is 9.97. The first-order chi connectivity index (χ1) is 24.0. The molecule has 50 heavy (non-hydrogen) atoms. The quantitative estimate of drug-likeness (QED) is 0.256. The van der Waals surface area contributed by atoms with Crippen molar-refractivity contribution in [2.75, 3.05) is 68.7 Å². The van der Waals surface area contributed by atoms with Gasteiger partial charge in [0.05, 0.1) is 56.5 Å². The van der Waals surface area contributed by atoms with E-state index >= 15 is 0 Å². The normalized spacial score (nSPS) is 21.3. The van der Waals surface area contributed by atoms with Gasteiger partial charge in [-0.15, -0.1) is 0 Å². The van der Waals surface area contributed by atoms with Gasteiger partial charge < -0.3 is 34.8 Å². The van der Waals surface area contributed by atoms with Crippen molar-refractivity contribution in [3.63, 3.8) is 0 Å². The van der Waals surface area contributed by atoms with Gasteiger partial charge in [0.15, 0.2) is 22.5 Å². The molecule has 2 N–H and O–H groups in total. The van der Waals surface area contributed by atoms with Crippen LogP contribution in [0.15, 0.2) is 66.5 Å². The maximum Gasteiger partial charge on any atom is 0.263 e. The number of amides is 2. The van der Waals surface area contributed by atoms with Gasteiger partial charge in [-0.3, -0.25) is 9.59 Å². The molecule has 2 saturated heterocycles. The van der Waals surface area contributed by atoms with E-state index in [9.17, 15) is 14.0 Å². The molecule has 3 aliphatic rings. The molecule has 2 aliphatic heterocycles. The number of rotatable bonds is 11. The Morgan fingerprint density at radius 1 is 1.20 bits per heavy atom. The number of nitrogens with zero attached hydrogens (tertiary/aromatic N) is 6. The van der Waals surface area contributed by atoms with Crippen molar-refractivity contribution in [3.8, 4) is 17.0 Å². The molecule has 15 heteroatoms. The van der Waals surface area contributed by atoms with E-state index in [-0.39, 0.29) is 42.9 Å². The molecule has 0 spiro atoms. The van der Waals surface area contributed by atoms with Gasteiger partial charge in [0.1, 0.15) is 10.5 Å². The summed E-state index contributed by atoms with van der Waals surface area (Å²) in [4.78, 5) is 46.0. The summed E-state index contributed by atoms with van der Waals surface area (Å²) in [5.74, 6) is 1.21. The molecule has 3 aromatic rings. The molecule has 3 atom stereocenters. The Labute approximate surface area is 299 Å². The van der Waals surface area contributed by atoms with Crippen LogP contribution in [0.1, 0.15) is 23.5 Å². The summed E-state index contributed by atoms with van der Waals surface area (Å²) in [7, 11) is 3.15. The van der Waals surface area contributed by atoms with Gasteiger partial charge in [-0.1, -0.05) is 48.6 Å². The Morgan fingerprint density at radius 2 is 2.00 bits per heavy atom. The number of hydrogen-bond acceptors (Lipinski definition) is 11. The monoisotopic (exact) mass is 722 g/mol. The Kier molecular flexibility index (Phi) is 10.4. The second-order valence-electron chi connectivity index (χ2n) is 12.8. The second kappa shape index (κ2) is 14.8. The van der Waals surface area contributed by atoms with Gasteiger partial charge >= 0.3 is 0 Å².